The number of carbonyl (C=O) groups excluding carboxylic acids is 2. The van der Waals surface area contributed by atoms with Crippen LogP contribution in [-0.4, -0.2) is 60.9 Å². The average Bonchev–Trinajstić information content (AvgIpc) is 3.73. The van der Waals surface area contributed by atoms with Gasteiger partial charge in [0, 0.05) is 12.8 Å². The van der Waals surface area contributed by atoms with Crippen LogP contribution in [0, 0.1) is 29.8 Å². The number of esters is 1. The van der Waals surface area contributed by atoms with E-state index in [2.05, 4.69) is 33.1 Å². The van der Waals surface area contributed by atoms with Crippen LogP contribution in [-0.2, 0) is 25.6 Å². The molecular weight excluding hydrogens is 565 g/mol. The van der Waals surface area contributed by atoms with Crippen LogP contribution in [0.2, 0.25) is 0 Å². The van der Waals surface area contributed by atoms with Crippen molar-refractivity contribution in [3.05, 3.63) is 12.4 Å². The molecular formula is C33H46FN5O5. The molecule has 3 atom stereocenters. The SMILES string of the molecule is C#C[C@]1(CO)O[C@@H](Cn2cnc3c(NC(=O)CCCCCCCC)nc(F)nc32)C[C@@H]1OC(=O)C1CCC2(CCCC2)CC1. The predicted molar refractivity (Wildman–Crippen MR) is 163 cm³/mol. The Morgan fingerprint density at radius 2 is 1.89 bits per heavy atom. The van der Waals surface area contributed by atoms with Gasteiger partial charge in [-0.2, -0.15) is 14.4 Å². The first-order valence-electron chi connectivity index (χ1n) is 16.5. The number of amides is 1. The van der Waals surface area contributed by atoms with Crippen molar-refractivity contribution in [1.82, 2.24) is 19.5 Å². The van der Waals surface area contributed by atoms with Gasteiger partial charge in [-0.3, -0.25) is 9.59 Å². The number of imidazole rings is 1. The molecule has 1 saturated heterocycles. The number of unbranched alkanes of at least 4 members (excludes halogenated alkanes) is 5. The highest BCUT2D eigenvalue weighted by atomic mass is 19.1. The Labute approximate surface area is 258 Å². The average molecular weight is 612 g/mol. The molecule has 2 N–H and O–H groups in total. The van der Waals surface area contributed by atoms with Gasteiger partial charge < -0.3 is 24.5 Å². The third-order valence-electron chi connectivity index (χ3n) is 10.0. The number of aliphatic hydroxyl groups is 1. The number of hydrogen-bond donors (Lipinski definition) is 2. The minimum Gasteiger partial charge on any atom is -0.458 e. The van der Waals surface area contributed by atoms with Gasteiger partial charge in [-0.1, -0.05) is 57.8 Å². The van der Waals surface area contributed by atoms with Crippen molar-refractivity contribution in [2.75, 3.05) is 11.9 Å². The molecule has 1 amide bonds. The van der Waals surface area contributed by atoms with Gasteiger partial charge in [0.25, 0.3) is 0 Å². The molecule has 3 heterocycles. The fourth-order valence-electron chi connectivity index (χ4n) is 7.36. The molecule has 0 aromatic carbocycles. The van der Waals surface area contributed by atoms with E-state index in [0.717, 1.165) is 57.8 Å². The van der Waals surface area contributed by atoms with Crippen LogP contribution in [0.5, 0.6) is 0 Å². The standard InChI is InChI=1S/C33H46FN5O5/c1-3-5-6-7-8-9-12-26(41)36-28-27-29(38-31(34)37-28)39(22-35-27)20-24-19-25(33(4-2,21-40)44-24)43-30(42)23-13-17-32(18-14-23)15-10-11-16-32/h2,22-25,40H,3,5-21H2,1H3,(H,36,37,38,41)/t24-,25+,33-/m1/s1. The minimum absolute atomic E-state index is 0.0153. The summed E-state index contributed by atoms with van der Waals surface area (Å²) in [6, 6.07) is 0. The zero-order chi connectivity index (χ0) is 31.2. The highest BCUT2D eigenvalue weighted by Gasteiger charge is 2.51. The van der Waals surface area contributed by atoms with Crippen molar-refractivity contribution >= 4 is 28.9 Å². The van der Waals surface area contributed by atoms with E-state index >= 15 is 0 Å². The molecule has 44 heavy (non-hydrogen) atoms. The van der Waals surface area contributed by atoms with Crippen LogP contribution in [0.4, 0.5) is 10.2 Å². The summed E-state index contributed by atoms with van der Waals surface area (Å²) >= 11 is 0. The molecule has 5 rings (SSSR count). The number of hydrogen-bond acceptors (Lipinski definition) is 8. The number of ether oxygens (including phenoxy) is 2. The molecule has 3 aliphatic rings. The Balaban J connectivity index is 1.21. The second-order valence-electron chi connectivity index (χ2n) is 13.1. The van der Waals surface area contributed by atoms with Gasteiger partial charge in [-0.05, 0) is 50.4 Å². The molecule has 0 unspecified atom stereocenters. The van der Waals surface area contributed by atoms with E-state index < -0.39 is 30.5 Å². The van der Waals surface area contributed by atoms with Crippen LogP contribution < -0.4 is 5.32 Å². The zero-order valence-electron chi connectivity index (χ0n) is 25.9. The van der Waals surface area contributed by atoms with Crippen molar-refractivity contribution in [2.24, 2.45) is 11.3 Å². The quantitative estimate of drug-likeness (QED) is 0.132. The summed E-state index contributed by atoms with van der Waals surface area (Å²) in [4.78, 5) is 37.8. The molecule has 2 aromatic heterocycles. The maximum absolute atomic E-state index is 14.5. The predicted octanol–water partition coefficient (Wildman–Crippen LogP) is 5.47. The topological polar surface area (TPSA) is 128 Å². The van der Waals surface area contributed by atoms with E-state index in [0.29, 0.717) is 11.8 Å². The van der Waals surface area contributed by atoms with Crippen LogP contribution in [0.25, 0.3) is 11.2 Å². The van der Waals surface area contributed by atoms with Gasteiger partial charge in [-0.25, -0.2) is 4.98 Å². The first-order valence-corrected chi connectivity index (χ1v) is 16.5. The largest absolute Gasteiger partial charge is 0.458 e. The fraction of sp³-hybridized carbons (Fsp3) is 0.727. The van der Waals surface area contributed by atoms with E-state index in [1.54, 1.807) is 4.57 Å². The van der Waals surface area contributed by atoms with Gasteiger partial charge >= 0.3 is 12.0 Å². The monoisotopic (exact) mass is 611 g/mol. The van der Waals surface area contributed by atoms with E-state index in [9.17, 15) is 19.1 Å². The third kappa shape index (κ3) is 7.23. The van der Waals surface area contributed by atoms with Crippen molar-refractivity contribution < 1.29 is 28.6 Å². The highest BCUT2D eigenvalue weighted by Crippen LogP contribution is 2.50. The normalized spacial score (nSPS) is 25.0. The van der Waals surface area contributed by atoms with E-state index in [1.807, 2.05) is 0 Å². The van der Waals surface area contributed by atoms with Gasteiger partial charge in [0.1, 0.15) is 6.10 Å². The summed E-state index contributed by atoms with van der Waals surface area (Å²) in [5.41, 5.74) is -0.631. The summed E-state index contributed by atoms with van der Waals surface area (Å²) < 4.78 is 28.2. The van der Waals surface area contributed by atoms with E-state index in [-0.39, 0.29) is 47.7 Å². The minimum atomic E-state index is -1.48. The lowest BCUT2D eigenvalue weighted by Gasteiger charge is -2.37. The van der Waals surface area contributed by atoms with Crippen molar-refractivity contribution in [3.63, 3.8) is 0 Å². The molecule has 2 aromatic rings. The maximum Gasteiger partial charge on any atom is 0.312 e. The van der Waals surface area contributed by atoms with E-state index in [1.165, 1.54) is 38.4 Å². The number of nitrogens with one attached hydrogen (secondary N) is 1. The number of halogens is 1. The number of carbonyl (C=O) groups is 2. The zero-order valence-corrected chi connectivity index (χ0v) is 25.9. The number of fused-ring (bicyclic) bond motifs is 1. The van der Waals surface area contributed by atoms with Crippen molar-refractivity contribution in [3.8, 4) is 12.3 Å². The van der Waals surface area contributed by atoms with Gasteiger partial charge in [0.2, 0.25) is 5.91 Å². The van der Waals surface area contributed by atoms with Crippen LogP contribution in [0.3, 0.4) is 0 Å². The first kappa shape index (κ1) is 32.3. The van der Waals surface area contributed by atoms with Crippen molar-refractivity contribution in [2.45, 2.75) is 134 Å². The summed E-state index contributed by atoms with van der Waals surface area (Å²) in [6.07, 6.45) is 20.5. The van der Waals surface area contributed by atoms with Crippen LogP contribution in [0.1, 0.15) is 110 Å². The Bertz CT molecular complexity index is 1340. The van der Waals surface area contributed by atoms with Crippen molar-refractivity contribution in [1.29, 1.82) is 0 Å². The maximum atomic E-state index is 14.5. The number of aromatic nitrogens is 4. The molecule has 0 radical (unpaired) electrons. The molecule has 0 bridgehead atoms. The molecule has 240 valence electrons. The molecule has 1 spiro atoms. The summed E-state index contributed by atoms with van der Waals surface area (Å²) in [5.74, 6) is 1.83. The molecule has 2 aliphatic carbocycles. The first-order chi connectivity index (χ1) is 21.3. The smallest absolute Gasteiger partial charge is 0.312 e. The van der Waals surface area contributed by atoms with Crippen LogP contribution >= 0.6 is 0 Å². The fourth-order valence-corrected chi connectivity index (χ4v) is 7.36. The molecule has 2 saturated carbocycles. The Morgan fingerprint density at radius 1 is 1.16 bits per heavy atom. The molecule has 10 nitrogen and oxygen atoms in total. The van der Waals surface area contributed by atoms with Gasteiger partial charge in [-0.15, -0.1) is 6.42 Å². The number of rotatable bonds is 13. The summed E-state index contributed by atoms with van der Waals surface area (Å²) in [6.45, 7) is 1.82. The Morgan fingerprint density at radius 3 is 2.59 bits per heavy atom. The second kappa shape index (κ2) is 14.3. The van der Waals surface area contributed by atoms with Gasteiger partial charge in [0.15, 0.2) is 22.6 Å². The van der Waals surface area contributed by atoms with E-state index in [4.69, 9.17) is 15.9 Å². The molecule has 1 aliphatic heterocycles. The lowest BCUT2D eigenvalue weighted by atomic mass is 9.69. The number of nitrogens with zero attached hydrogens (tertiary/aromatic N) is 4. The lowest BCUT2D eigenvalue weighted by Crippen LogP contribution is -2.45. The highest BCUT2D eigenvalue weighted by molar-refractivity contribution is 5.96. The Hall–Kier alpha value is -3.10. The third-order valence-corrected chi connectivity index (χ3v) is 10.0. The Kier molecular flexibility index (Phi) is 10.5. The van der Waals surface area contributed by atoms with Crippen LogP contribution in [0.15, 0.2) is 6.33 Å². The molecule has 11 heteroatoms. The lowest BCUT2D eigenvalue weighted by molar-refractivity contribution is -0.164. The second-order valence-corrected chi connectivity index (χ2v) is 13.1. The van der Waals surface area contributed by atoms with Gasteiger partial charge in [0.05, 0.1) is 31.5 Å². The number of terminal acetylenes is 1. The summed E-state index contributed by atoms with van der Waals surface area (Å²) in [7, 11) is 0. The number of anilines is 1. The summed E-state index contributed by atoms with van der Waals surface area (Å²) in [5, 5.41) is 12.9. The number of aliphatic hydroxyl groups excluding tert-OH is 1. The molecule has 3 fully saturated rings.